The van der Waals surface area contributed by atoms with Crippen LogP contribution in [0.1, 0.15) is 5.69 Å². The second-order valence-electron chi connectivity index (χ2n) is 6.10. The minimum absolute atomic E-state index is 0.256. The standard InChI is InChI=1S/C20H14ClN3O2/c1-12-19(13-2-5-15(21)6-3-13)20-22-9-8-16(24(20)23-12)14-4-7-17-18(10-14)26-11-25-17/h2-10H,11H2,1H3. The maximum absolute atomic E-state index is 6.02. The molecule has 0 aliphatic carbocycles. The Morgan fingerprint density at radius 3 is 2.58 bits per heavy atom. The van der Waals surface area contributed by atoms with Gasteiger partial charge in [0.25, 0.3) is 0 Å². The number of nitrogens with zero attached hydrogens (tertiary/aromatic N) is 3. The summed E-state index contributed by atoms with van der Waals surface area (Å²) in [4.78, 5) is 4.57. The summed E-state index contributed by atoms with van der Waals surface area (Å²) >= 11 is 6.02. The van der Waals surface area contributed by atoms with Crippen LogP contribution < -0.4 is 9.47 Å². The molecule has 2 aromatic carbocycles. The number of aromatic nitrogens is 3. The minimum atomic E-state index is 0.256. The molecule has 5 nitrogen and oxygen atoms in total. The largest absolute Gasteiger partial charge is 0.454 e. The maximum Gasteiger partial charge on any atom is 0.231 e. The Kier molecular flexibility index (Phi) is 3.36. The van der Waals surface area contributed by atoms with Crippen LogP contribution in [0, 0.1) is 6.92 Å². The van der Waals surface area contributed by atoms with Crippen molar-refractivity contribution in [1.29, 1.82) is 0 Å². The summed E-state index contributed by atoms with van der Waals surface area (Å²) in [5.41, 5.74) is 5.69. The van der Waals surface area contributed by atoms with Gasteiger partial charge < -0.3 is 9.47 Å². The van der Waals surface area contributed by atoms with Crippen LogP contribution >= 0.6 is 11.6 Å². The third-order valence-corrected chi connectivity index (χ3v) is 4.75. The summed E-state index contributed by atoms with van der Waals surface area (Å²) < 4.78 is 12.8. The number of aryl methyl sites for hydroxylation is 1. The van der Waals surface area contributed by atoms with E-state index in [1.807, 2.05) is 60.0 Å². The first-order valence-electron chi connectivity index (χ1n) is 8.21. The fourth-order valence-electron chi connectivity index (χ4n) is 3.28. The monoisotopic (exact) mass is 363 g/mol. The fraction of sp³-hybridized carbons (Fsp3) is 0.100. The summed E-state index contributed by atoms with van der Waals surface area (Å²) in [6.45, 7) is 2.24. The molecule has 0 radical (unpaired) electrons. The molecule has 0 amide bonds. The van der Waals surface area contributed by atoms with Crippen LogP contribution in [0.5, 0.6) is 11.5 Å². The van der Waals surface area contributed by atoms with E-state index in [1.54, 1.807) is 6.20 Å². The Morgan fingerprint density at radius 2 is 1.73 bits per heavy atom. The number of benzene rings is 2. The lowest BCUT2D eigenvalue weighted by Crippen LogP contribution is -1.96. The van der Waals surface area contributed by atoms with Crippen LogP contribution in [-0.2, 0) is 0 Å². The molecule has 5 rings (SSSR count). The van der Waals surface area contributed by atoms with E-state index in [0.29, 0.717) is 5.02 Å². The molecule has 3 heterocycles. The van der Waals surface area contributed by atoms with Crippen molar-refractivity contribution in [1.82, 2.24) is 14.6 Å². The summed E-state index contributed by atoms with van der Waals surface area (Å²) in [5.74, 6) is 1.51. The molecule has 26 heavy (non-hydrogen) atoms. The van der Waals surface area contributed by atoms with E-state index in [2.05, 4.69) is 4.98 Å². The second kappa shape index (κ2) is 5.75. The number of fused-ring (bicyclic) bond motifs is 2. The van der Waals surface area contributed by atoms with Crippen LogP contribution in [0.4, 0.5) is 0 Å². The van der Waals surface area contributed by atoms with Crippen LogP contribution in [-0.4, -0.2) is 21.4 Å². The van der Waals surface area contributed by atoms with Crippen LogP contribution in [0.2, 0.25) is 5.02 Å². The number of rotatable bonds is 2. The molecule has 0 saturated carbocycles. The smallest absolute Gasteiger partial charge is 0.231 e. The van der Waals surface area contributed by atoms with E-state index in [4.69, 9.17) is 26.2 Å². The van der Waals surface area contributed by atoms with Crippen molar-refractivity contribution in [3.63, 3.8) is 0 Å². The number of halogens is 1. The zero-order valence-corrected chi connectivity index (χ0v) is 14.7. The Hall–Kier alpha value is -3.05. The molecule has 0 spiro atoms. The Bertz CT molecular complexity index is 1140. The highest BCUT2D eigenvalue weighted by atomic mass is 35.5. The Morgan fingerprint density at radius 1 is 0.962 bits per heavy atom. The Labute approximate surface area is 154 Å². The third-order valence-electron chi connectivity index (χ3n) is 4.49. The van der Waals surface area contributed by atoms with Crippen molar-refractivity contribution < 1.29 is 9.47 Å². The zero-order chi connectivity index (χ0) is 17.7. The molecular weight excluding hydrogens is 350 g/mol. The van der Waals surface area contributed by atoms with Gasteiger partial charge in [0, 0.05) is 22.3 Å². The second-order valence-corrected chi connectivity index (χ2v) is 6.54. The van der Waals surface area contributed by atoms with Gasteiger partial charge in [-0.1, -0.05) is 23.7 Å². The Balaban J connectivity index is 1.71. The molecule has 4 aromatic rings. The van der Waals surface area contributed by atoms with E-state index < -0.39 is 0 Å². The van der Waals surface area contributed by atoms with Gasteiger partial charge in [0.1, 0.15) is 0 Å². The predicted molar refractivity (Wildman–Crippen MR) is 99.7 cm³/mol. The molecule has 1 aliphatic rings. The quantitative estimate of drug-likeness (QED) is 0.515. The van der Waals surface area contributed by atoms with E-state index in [0.717, 1.165) is 45.2 Å². The summed E-state index contributed by atoms with van der Waals surface area (Å²) in [6, 6.07) is 15.6. The lowest BCUT2D eigenvalue weighted by atomic mass is 10.1. The fourth-order valence-corrected chi connectivity index (χ4v) is 3.41. The molecule has 0 atom stereocenters. The molecule has 0 N–H and O–H groups in total. The van der Waals surface area contributed by atoms with Gasteiger partial charge in [0.2, 0.25) is 6.79 Å². The SMILES string of the molecule is Cc1nn2c(-c3ccc4c(c3)OCO4)ccnc2c1-c1ccc(Cl)cc1. The normalized spacial score (nSPS) is 12.7. The summed E-state index contributed by atoms with van der Waals surface area (Å²) in [5, 5.41) is 5.44. The first-order valence-corrected chi connectivity index (χ1v) is 8.59. The zero-order valence-electron chi connectivity index (χ0n) is 13.9. The van der Waals surface area contributed by atoms with E-state index in [9.17, 15) is 0 Å². The maximum atomic E-state index is 6.02. The minimum Gasteiger partial charge on any atom is -0.454 e. The van der Waals surface area contributed by atoms with E-state index >= 15 is 0 Å². The van der Waals surface area contributed by atoms with Gasteiger partial charge >= 0.3 is 0 Å². The van der Waals surface area contributed by atoms with Crippen LogP contribution in [0.25, 0.3) is 28.0 Å². The van der Waals surface area contributed by atoms with Crippen molar-refractivity contribution in [3.8, 4) is 33.9 Å². The number of hydrogen-bond donors (Lipinski definition) is 0. The highest BCUT2D eigenvalue weighted by molar-refractivity contribution is 6.30. The van der Waals surface area contributed by atoms with Gasteiger partial charge in [0.05, 0.1) is 11.4 Å². The number of ether oxygens (including phenoxy) is 2. The average Bonchev–Trinajstić information content (AvgIpc) is 3.25. The lowest BCUT2D eigenvalue weighted by molar-refractivity contribution is 0.174. The third kappa shape index (κ3) is 2.32. The highest BCUT2D eigenvalue weighted by Gasteiger charge is 2.18. The van der Waals surface area contributed by atoms with Gasteiger partial charge in [-0.15, -0.1) is 0 Å². The molecule has 0 fully saturated rings. The first-order chi connectivity index (χ1) is 12.7. The summed E-state index contributed by atoms with van der Waals surface area (Å²) in [6.07, 6.45) is 1.80. The van der Waals surface area contributed by atoms with Crippen molar-refractivity contribution in [2.24, 2.45) is 0 Å². The number of hydrogen-bond acceptors (Lipinski definition) is 4. The van der Waals surface area contributed by atoms with Crippen molar-refractivity contribution in [2.45, 2.75) is 6.92 Å². The van der Waals surface area contributed by atoms with Crippen LogP contribution in [0.3, 0.4) is 0 Å². The summed E-state index contributed by atoms with van der Waals surface area (Å²) in [7, 11) is 0. The molecule has 0 saturated heterocycles. The molecule has 128 valence electrons. The molecule has 6 heteroatoms. The molecule has 0 unspecified atom stereocenters. The van der Waals surface area contributed by atoms with Crippen molar-refractivity contribution in [2.75, 3.05) is 6.79 Å². The molecule has 0 bridgehead atoms. The van der Waals surface area contributed by atoms with Crippen LogP contribution in [0.15, 0.2) is 54.7 Å². The molecule has 2 aromatic heterocycles. The van der Waals surface area contributed by atoms with Crippen molar-refractivity contribution in [3.05, 3.63) is 65.4 Å². The van der Waals surface area contributed by atoms with Crippen molar-refractivity contribution >= 4 is 17.2 Å². The average molecular weight is 364 g/mol. The molecule has 1 aliphatic heterocycles. The van der Waals surface area contributed by atoms with E-state index in [1.165, 1.54) is 0 Å². The van der Waals surface area contributed by atoms with Gasteiger partial charge in [0.15, 0.2) is 17.1 Å². The predicted octanol–water partition coefficient (Wildman–Crippen LogP) is 4.75. The van der Waals surface area contributed by atoms with Gasteiger partial charge in [-0.2, -0.15) is 5.10 Å². The molecular formula is C20H14ClN3O2. The van der Waals surface area contributed by atoms with E-state index in [-0.39, 0.29) is 6.79 Å². The topological polar surface area (TPSA) is 48.7 Å². The lowest BCUT2D eigenvalue weighted by Gasteiger charge is -2.06. The highest BCUT2D eigenvalue weighted by Crippen LogP contribution is 2.37. The van der Waals surface area contributed by atoms with Gasteiger partial charge in [-0.05, 0) is 48.9 Å². The van der Waals surface area contributed by atoms with Gasteiger partial charge in [-0.25, -0.2) is 9.50 Å². The first kappa shape index (κ1) is 15.2. The van der Waals surface area contributed by atoms with Gasteiger partial charge in [-0.3, -0.25) is 0 Å².